The molecule has 0 radical (unpaired) electrons. The number of hydrogen-bond acceptors (Lipinski definition) is 2. The zero-order valence-corrected chi connectivity index (χ0v) is 18.4. The summed E-state index contributed by atoms with van der Waals surface area (Å²) in [5.74, 6) is 0.785. The molecule has 4 unspecified atom stereocenters. The van der Waals surface area contributed by atoms with E-state index in [0.29, 0.717) is 37.0 Å². The van der Waals surface area contributed by atoms with Crippen molar-refractivity contribution < 1.29 is 23.4 Å². The topological polar surface area (TPSA) is 40.5 Å². The zero-order chi connectivity index (χ0) is 21.4. The molecule has 4 fully saturated rings. The Morgan fingerprint density at radius 2 is 1.52 bits per heavy atom. The van der Waals surface area contributed by atoms with Gasteiger partial charge in [0, 0.05) is 0 Å². The minimum absolute atomic E-state index is 0.0219. The van der Waals surface area contributed by atoms with E-state index < -0.39 is 23.8 Å². The average molecular weight is 417 g/mol. The molecule has 2 N–H and O–H groups in total. The van der Waals surface area contributed by atoms with Crippen LogP contribution in [0.4, 0.5) is 13.2 Å². The normalized spacial score (nSPS) is 50.8. The van der Waals surface area contributed by atoms with Crippen LogP contribution in [0.5, 0.6) is 0 Å². The molecular formula is C24H39F3O2. The van der Waals surface area contributed by atoms with Crippen molar-refractivity contribution in [3.05, 3.63) is 0 Å². The fourth-order valence-electron chi connectivity index (χ4n) is 8.81. The molecule has 5 heteroatoms. The maximum atomic E-state index is 13.4. The number of fused-ring (bicyclic) bond motifs is 5. The molecule has 4 saturated carbocycles. The number of hydrogen-bond donors (Lipinski definition) is 2. The summed E-state index contributed by atoms with van der Waals surface area (Å²) < 4.78 is 40.1. The summed E-state index contributed by atoms with van der Waals surface area (Å²) in [6, 6.07) is 0. The van der Waals surface area contributed by atoms with Crippen molar-refractivity contribution in [2.45, 2.75) is 103 Å². The number of alkyl halides is 3. The maximum Gasteiger partial charge on any atom is 0.391 e. The highest BCUT2D eigenvalue weighted by Crippen LogP contribution is 2.69. The number of halogens is 3. The van der Waals surface area contributed by atoms with Gasteiger partial charge in [-0.05, 0) is 112 Å². The molecule has 2 nitrogen and oxygen atoms in total. The van der Waals surface area contributed by atoms with Crippen LogP contribution < -0.4 is 0 Å². The molecule has 0 spiro atoms. The monoisotopic (exact) mass is 416 g/mol. The summed E-state index contributed by atoms with van der Waals surface area (Å²) in [6.45, 7) is 8.09. The van der Waals surface area contributed by atoms with Gasteiger partial charge in [-0.1, -0.05) is 13.8 Å². The number of aliphatic hydroxyl groups excluding tert-OH is 1. The molecule has 0 aromatic heterocycles. The lowest BCUT2D eigenvalue weighted by Gasteiger charge is -2.62. The van der Waals surface area contributed by atoms with E-state index in [0.717, 1.165) is 38.5 Å². The average Bonchev–Trinajstić information content (AvgIpc) is 2.97. The Balaban J connectivity index is 1.56. The van der Waals surface area contributed by atoms with Crippen LogP contribution in [-0.2, 0) is 0 Å². The van der Waals surface area contributed by atoms with Gasteiger partial charge in [-0.3, -0.25) is 0 Å². The summed E-state index contributed by atoms with van der Waals surface area (Å²) in [7, 11) is 0. The van der Waals surface area contributed by atoms with E-state index in [2.05, 4.69) is 13.8 Å². The van der Waals surface area contributed by atoms with E-state index in [-0.39, 0.29) is 22.7 Å². The molecule has 0 amide bonds. The first-order chi connectivity index (χ1) is 13.3. The van der Waals surface area contributed by atoms with Crippen molar-refractivity contribution >= 4 is 0 Å². The van der Waals surface area contributed by atoms with Gasteiger partial charge < -0.3 is 10.2 Å². The number of rotatable bonds is 2. The first kappa shape index (κ1) is 21.9. The minimum Gasteiger partial charge on any atom is -0.390 e. The Labute approximate surface area is 173 Å². The van der Waals surface area contributed by atoms with Gasteiger partial charge in [-0.25, -0.2) is 0 Å². The van der Waals surface area contributed by atoms with Crippen molar-refractivity contribution in [1.82, 2.24) is 0 Å². The molecule has 0 saturated heterocycles. The highest BCUT2D eigenvalue weighted by atomic mass is 19.4. The van der Waals surface area contributed by atoms with Crippen LogP contribution in [0.15, 0.2) is 0 Å². The SMILES string of the molecule is CC(O)[C@](C)(O)C1CCC2[C@@H]3CC[C@@H]4C[C@@H](C(F)(F)F)CC[C@]4(C)C3CC[C@@]21C. The predicted molar refractivity (Wildman–Crippen MR) is 107 cm³/mol. The maximum absolute atomic E-state index is 13.4. The van der Waals surface area contributed by atoms with E-state index >= 15 is 0 Å². The lowest BCUT2D eigenvalue weighted by Crippen LogP contribution is -2.57. The second-order valence-corrected chi connectivity index (χ2v) is 11.7. The third-order valence-corrected chi connectivity index (χ3v) is 10.7. The minimum atomic E-state index is -4.05. The zero-order valence-electron chi connectivity index (χ0n) is 18.4. The van der Waals surface area contributed by atoms with Gasteiger partial charge in [0.05, 0.1) is 17.6 Å². The van der Waals surface area contributed by atoms with Crippen molar-refractivity contribution in [3.63, 3.8) is 0 Å². The van der Waals surface area contributed by atoms with Crippen molar-refractivity contribution in [3.8, 4) is 0 Å². The first-order valence-corrected chi connectivity index (χ1v) is 11.8. The van der Waals surface area contributed by atoms with Crippen LogP contribution in [0.2, 0.25) is 0 Å². The highest BCUT2D eigenvalue weighted by Gasteiger charge is 2.63. The van der Waals surface area contributed by atoms with Gasteiger partial charge in [-0.2, -0.15) is 13.2 Å². The van der Waals surface area contributed by atoms with E-state index in [9.17, 15) is 23.4 Å². The molecule has 4 aliphatic carbocycles. The molecule has 168 valence electrons. The number of aliphatic hydroxyl groups is 2. The largest absolute Gasteiger partial charge is 0.391 e. The lowest BCUT2D eigenvalue weighted by molar-refractivity contribution is -0.210. The smallest absolute Gasteiger partial charge is 0.390 e. The Morgan fingerprint density at radius 3 is 2.14 bits per heavy atom. The molecule has 0 aromatic rings. The molecule has 4 aliphatic rings. The van der Waals surface area contributed by atoms with E-state index in [1.807, 2.05) is 0 Å². The molecule has 10 atom stereocenters. The van der Waals surface area contributed by atoms with Crippen molar-refractivity contribution in [1.29, 1.82) is 0 Å². The van der Waals surface area contributed by atoms with Gasteiger partial charge in [0.15, 0.2) is 0 Å². The highest BCUT2D eigenvalue weighted by molar-refractivity contribution is 5.12. The third-order valence-electron chi connectivity index (χ3n) is 10.7. The van der Waals surface area contributed by atoms with E-state index in [4.69, 9.17) is 0 Å². The van der Waals surface area contributed by atoms with Gasteiger partial charge in [0.2, 0.25) is 0 Å². The van der Waals surface area contributed by atoms with Crippen LogP contribution in [0.25, 0.3) is 0 Å². The molecular weight excluding hydrogens is 377 g/mol. The Kier molecular flexibility index (Phi) is 5.18. The van der Waals surface area contributed by atoms with Gasteiger partial charge in [-0.15, -0.1) is 0 Å². The second-order valence-electron chi connectivity index (χ2n) is 11.7. The first-order valence-electron chi connectivity index (χ1n) is 11.8. The fourth-order valence-corrected chi connectivity index (χ4v) is 8.81. The molecule has 0 heterocycles. The van der Waals surface area contributed by atoms with Crippen molar-refractivity contribution in [2.24, 2.45) is 46.3 Å². The summed E-state index contributed by atoms with van der Waals surface area (Å²) in [6.07, 6.45) is 2.60. The quantitative estimate of drug-likeness (QED) is 0.583. The molecule has 4 rings (SSSR count). The van der Waals surface area contributed by atoms with Gasteiger partial charge >= 0.3 is 6.18 Å². The summed E-state index contributed by atoms with van der Waals surface area (Å²) in [4.78, 5) is 0. The standard InChI is InChI=1S/C24H39F3O2/c1-14(28)23(4,29)20-8-7-18-17-6-5-15-13-16(24(25,26)27)9-11-21(15,2)19(17)10-12-22(18,20)3/h14-20,28-29H,5-13H2,1-4H3/t14?,15-,16+,17+,18?,19?,20?,21+,22+,23+/m1/s1. The van der Waals surface area contributed by atoms with Gasteiger partial charge in [0.25, 0.3) is 0 Å². The Morgan fingerprint density at radius 1 is 0.897 bits per heavy atom. The third kappa shape index (κ3) is 3.20. The van der Waals surface area contributed by atoms with Crippen LogP contribution in [0, 0.1) is 46.3 Å². The lowest BCUT2D eigenvalue weighted by atomic mass is 9.43. The van der Waals surface area contributed by atoms with Crippen LogP contribution >= 0.6 is 0 Å². The summed E-state index contributed by atoms with van der Waals surface area (Å²) in [5, 5.41) is 21.3. The Bertz CT molecular complexity index is 630. The van der Waals surface area contributed by atoms with Crippen LogP contribution in [0.3, 0.4) is 0 Å². The van der Waals surface area contributed by atoms with E-state index in [1.54, 1.807) is 13.8 Å². The molecule has 0 bridgehead atoms. The molecule has 0 aromatic carbocycles. The predicted octanol–water partition coefficient (Wildman–Crippen LogP) is 5.96. The summed E-state index contributed by atoms with van der Waals surface area (Å²) in [5.41, 5.74) is -1.02. The van der Waals surface area contributed by atoms with E-state index in [1.165, 1.54) is 0 Å². The van der Waals surface area contributed by atoms with Gasteiger partial charge in [0.1, 0.15) is 0 Å². The van der Waals surface area contributed by atoms with Crippen LogP contribution in [0.1, 0.15) is 85.5 Å². The van der Waals surface area contributed by atoms with Crippen molar-refractivity contribution in [2.75, 3.05) is 0 Å². The molecule has 0 aliphatic heterocycles. The Hall–Kier alpha value is -0.290. The van der Waals surface area contributed by atoms with Crippen LogP contribution in [-0.4, -0.2) is 28.1 Å². The fraction of sp³-hybridized carbons (Fsp3) is 1.00. The second kappa shape index (κ2) is 6.85. The summed E-state index contributed by atoms with van der Waals surface area (Å²) >= 11 is 0. The molecule has 29 heavy (non-hydrogen) atoms.